The monoisotopic (exact) mass is 293 g/mol. The number of aliphatic hydroxyl groups is 1. The molecule has 2 nitrogen and oxygen atoms in total. The van der Waals surface area contributed by atoms with E-state index in [-0.39, 0.29) is 0 Å². The van der Waals surface area contributed by atoms with Crippen LogP contribution in [0, 0.1) is 0 Å². The van der Waals surface area contributed by atoms with Crippen LogP contribution in [-0.2, 0) is 5.60 Å². The lowest BCUT2D eigenvalue weighted by Gasteiger charge is -2.27. The van der Waals surface area contributed by atoms with E-state index in [9.17, 15) is 5.11 Å². The Hall–Kier alpha value is -1.64. The minimum Gasteiger partial charge on any atom is -0.380 e. The van der Waals surface area contributed by atoms with Crippen molar-refractivity contribution in [1.82, 2.24) is 4.90 Å². The van der Waals surface area contributed by atoms with Gasteiger partial charge in [-0.15, -0.1) is 0 Å². The van der Waals surface area contributed by atoms with E-state index >= 15 is 0 Å². The third kappa shape index (κ3) is 2.18. The Morgan fingerprint density at radius 3 is 2.00 bits per heavy atom. The summed E-state index contributed by atoms with van der Waals surface area (Å²) in [5.74, 6) is 0. The van der Waals surface area contributed by atoms with Crippen molar-refractivity contribution in [3.63, 3.8) is 0 Å². The normalized spacial score (nSPS) is 19.1. The molecule has 0 unspecified atom stereocenters. The van der Waals surface area contributed by atoms with E-state index in [1.807, 2.05) is 12.1 Å². The van der Waals surface area contributed by atoms with Gasteiger partial charge in [-0.25, -0.2) is 0 Å². The second-order valence-electron chi connectivity index (χ2n) is 6.60. The lowest BCUT2D eigenvalue weighted by atomic mass is 9.87. The molecule has 0 spiro atoms. The number of fused-ring (bicyclic) bond motifs is 3. The van der Waals surface area contributed by atoms with Gasteiger partial charge in [0.25, 0.3) is 0 Å². The Bertz CT molecular complexity index is 627. The second kappa shape index (κ2) is 5.53. The summed E-state index contributed by atoms with van der Waals surface area (Å²) in [6, 6.07) is 16.6. The minimum atomic E-state index is -0.813. The summed E-state index contributed by atoms with van der Waals surface area (Å²) >= 11 is 0. The Kier molecular flexibility index (Phi) is 3.51. The highest BCUT2D eigenvalue weighted by atomic mass is 16.3. The highest BCUT2D eigenvalue weighted by Gasteiger charge is 2.40. The number of hydrogen-bond donors (Lipinski definition) is 1. The lowest BCUT2D eigenvalue weighted by molar-refractivity contribution is 0.0703. The molecule has 1 fully saturated rings. The number of rotatable bonds is 4. The molecule has 1 aliphatic heterocycles. The van der Waals surface area contributed by atoms with Crippen LogP contribution in [0.2, 0.25) is 0 Å². The van der Waals surface area contributed by atoms with Gasteiger partial charge in [-0.05, 0) is 67.6 Å². The largest absolute Gasteiger partial charge is 0.380 e. The van der Waals surface area contributed by atoms with Crippen LogP contribution >= 0.6 is 0 Å². The molecule has 2 aromatic rings. The van der Waals surface area contributed by atoms with Crippen molar-refractivity contribution in [3.05, 3.63) is 59.7 Å². The van der Waals surface area contributed by atoms with Gasteiger partial charge < -0.3 is 10.0 Å². The van der Waals surface area contributed by atoms with Crippen LogP contribution in [0.1, 0.15) is 36.8 Å². The zero-order valence-electron chi connectivity index (χ0n) is 13.0. The number of nitrogens with zero attached hydrogens (tertiary/aromatic N) is 1. The van der Waals surface area contributed by atoms with Crippen LogP contribution in [-0.4, -0.2) is 29.6 Å². The fourth-order valence-electron chi connectivity index (χ4n) is 4.14. The average Bonchev–Trinajstić information content (AvgIpc) is 3.15. The van der Waals surface area contributed by atoms with Gasteiger partial charge in [-0.1, -0.05) is 48.5 Å². The van der Waals surface area contributed by atoms with E-state index in [4.69, 9.17) is 0 Å². The first-order chi connectivity index (χ1) is 10.8. The molecule has 22 heavy (non-hydrogen) atoms. The first kappa shape index (κ1) is 14.0. The minimum absolute atomic E-state index is 0.803. The summed E-state index contributed by atoms with van der Waals surface area (Å²) in [4.78, 5) is 2.52. The Balaban J connectivity index is 1.61. The molecule has 0 atom stereocenters. The molecule has 2 aliphatic rings. The van der Waals surface area contributed by atoms with Gasteiger partial charge in [-0.2, -0.15) is 0 Å². The maximum Gasteiger partial charge on any atom is 0.116 e. The molecule has 1 heterocycles. The topological polar surface area (TPSA) is 23.5 Å². The van der Waals surface area contributed by atoms with Crippen LogP contribution in [0.25, 0.3) is 11.1 Å². The predicted molar refractivity (Wildman–Crippen MR) is 89.8 cm³/mol. The highest BCUT2D eigenvalue weighted by molar-refractivity contribution is 5.79. The van der Waals surface area contributed by atoms with Crippen LogP contribution in [0.3, 0.4) is 0 Å². The van der Waals surface area contributed by atoms with Gasteiger partial charge >= 0.3 is 0 Å². The second-order valence-corrected chi connectivity index (χ2v) is 6.60. The summed E-state index contributed by atoms with van der Waals surface area (Å²) in [7, 11) is 0. The molecule has 0 saturated carbocycles. The Morgan fingerprint density at radius 2 is 1.41 bits per heavy atom. The fraction of sp³-hybridized carbons (Fsp3) is 0.400. The standard InChI is InChI=1S/C20H23NO/c22-20(12-7-15-21-13-5-6-14-21)18-10-3-1-8-16(18)17-9-2-4-11-19(17)20/h1-4,8-11,22H,5-7,12-15H2. The molecule has 114 valence electrons. The van der Waals surface area contributed by atoms with Gasteiger partial charge in [0.05, 0.1) is 0 Å². The Labute approximate surface area is 132 Å². The van der Waals surface area contributed by atoms with E-state index < -0.39 is 5.60 Å². The van der Waals surface area contributed by atoms with Gasteiger partial charge in [0.1, 0.15) is 5.60 Å². The molecule has 0 radical (unpaired) electrons. The van der Waals surface area contributed by atoms with Gasteiger partial charge in [0, 0.05) is 0 Å². The Morgan fingerprint density at radius 1 is 0.864 bits per heavy atom. The van der Waals surface area contributed by atoms with Crippen molar-refractivity contribution in [2.75, 3.05) is 19.6 Å². The van der Waals surface area contributed by atoms with Crippen molar-refractivity contribution < 1.29 is 5.11 Å². The number of hydrogen-bond acceptors (Lipinski definition) is 2. The zero-order chi connectivity index (χ0) is 15.0. The smallest absolute Gasteiger partial charge is 0.116 e. The molecule has 0 bridgehead atoms. The molecule has 0 amide bonds. The van der Waals surface area contributed by atoms with E-state index in [1.165, 1.54) is 37.1 Å². The van der Waals surface area contributed by atoms with Crippen LogP contribution in [0.4, 0.5) is 0 Å². The summed E-state index contributed by atoms with van der Waals surface area (Å²) in [6.45, 7) is 3.56. The van der Waals surface area contributed by atoms with Crippen molar-refractivity contribution in [2.45, 2.75) is 31.3 Å². The van der Waals surface area contributed by atoms with Crippen molar-refractivity contribution >= 4 is 0 Å². The van der Waals surface area contributed by atoms with Crippen molar-refractivity contribution in [2.24, 2.45) is 0 Å². The summed E-state index contributed by atoms with van der Waals surface area (Å²) in [6.07, 6.45) is 4.50. The molecule has 4 rings (SSSR count). The molecular formula is C20H23NO. The molecule has 1 saturated heterocycles. The third-order valence-electron chi connectivity index (χ3n) is 5.25. The number of likely N-dealkylation sites (tertiary alicyclic amines) is 1. The van der Waals surface area contributed by atoms with Crippen LogP contribution in [0.15, 0.2) is 48.5 Å². The molecule has 2 aromatic carbocycles. The zero-order valence-corrected chi connectivity index (χ0v) is 13.0. The molecule has 1 aliphatic carbocycles. The SMILES string of the molecule is OC1(CCCN2CCCC2)c2ccccc2-c2ccccc21. The van der Waals surface area contributed by atoms with Gasteiger partial charge in [-0.3, -0.25) is 0 Å². The maximum absolute atomic E-state index is 11.5. The molecular weight excluding hydrogens is 270 g/mol. The van der Waals surface area contributed by atoms with Gasteiger partial charge in [0.2, 0.25) is 0 Å². The quantitative estimate of drug-likeness (QED) is 0.927. The van der Waals surface area contributed by atoms with Crippen LogP contribution in [0.5, 0.6) is 0 Å². The lowest BCUT2D eigenvalue weighted by Crippen LogP contribution is -2.27. The van der Waals surface area contributed by atoms with E-state index in [1.54, 1.807) is 0 Å². The fourth-order valence-corrected chi connectivity index (χ4v) is 4.14. The van der Waals surface area contributed by atoms with E-state index in [0.29, 0.717) is 0 Å². The maximum atomic E-state index is 11.5. The first-order valence-electron chi connectivity index (χ1n) is 8.43. The summed E-state index contributed by atoms with van der Waals surface area (Å²) in [5, 5.41) is 11.5. The molecule has 0 aromatic heterocycles. The van der Waals surface area contributed by atoms with Crippen molar-refractivity contribution in [3.8, 4) is 11.1 Å². The van der Waals surface area contributed by atoms with E-state index in [0.717, 1.165) is 30.5 Å². The number of benzene rings is 2. The average molecular weight is 293 g/mol. The van der Waals surface area contributed by atoms with Gasteiger partial charge in [0.15, 0.2) is 0 Å². The van der Waals surface area contributed by atoms with Crippen LogP contribution < -0.4 is 0 Å². The van der Waals surface area contributed by atoms with Crippen molar-refractivity contribution in [1.29, 1.82) is 0 Å². The predicted octanol–water partition coefficient (Wildman–Crippen LogP) is 3.78. The summed E-state index contributed by atoms with van der Waals surface area (Å²) < 4.78 is 0. The third-order valence-corrected chi connectivity index (χ3v) is 5.25. The van der Waals surface area contributed by atoms with E-state index in [2.05, 4.69) is 41.3 Å². The summed E-state index contributed by atoms with van der Waals surface area (Å²) in [5.41, 5.74) is 3.74. The first-order valence-corrected chi connectivity index (χ1v) is 8.43. The molecule has 2 heteroatoms. The molecule has 1 N–H and O–H groups in total. The highest BCUT2D eigenvalue weighted by Crippen LogP contribution is 2.49.